The van der Waals surface area contributed by atoms with Gasteiger partial charge in [0.2, 0.25) is 0 Å². The first-order valence-corrected chi connectivity index (χ1v) is 18.5. The van der Waals surface area contributed by atoms with Crippen molar-refractivity contribution >= 4 is 34.1 Å². The molecule has 0 aromatic heterocycles. The highest BCUT2D eigenvalue weighted by Gasteiger charge is 2.30. The Bertz CT molecular complexity index is 1800. The molecule has 0 bridgehead atoms. The summed E-state index contributed by atoms with van der Waals surface area (Å²) in [4.78, 5) is 9.70. The summed E-state index contributed by atoms with van der Waals surface area (Å²) >= 11 is 0. The molecule has 0 aliphatic heterocycles. The van der Waals surface area contributed by atoms with E-state index in [1.165, 1.54) is 34.4 Å². The van der Waals surface area contributed by atoms with Gasteiger partial charge in [0.25, 0.3) is 0 Å². The Hall–Kier alpha value is -4.12. The molecule has 4 rings (SSSR count). The predicted molar refractivity (Wildman–Crippen MR) is 212 cm³/mol. The summed E-state index contributed by atoms with van der Waals surface area (Å²) in [5.41, 5.74) is 10.2. The van der Waals surface area contributed by atoms with Crippen LogP contribution in [-0.2, 0) is 32.1 Å². The van der Waals surface area contributed by atoms with Gasteiger partial charge in [0, 0.05) is 12.6 Å². The maximum absolute atomic E-state index is 10.1. The highest BCUT2D eigenvalue weighted by Crippen LogP contribution is 2.33. The SMILES string of the molecule is CCCCC(C=Nc1ccc(CC)c(CC)c1)=Nc1ccc(CC)c(CC)c1.Cc1cc(CC(O)C(O)C(O)C(O)CO)cc2cc(O)c(O)cc12. The van der Waals surface area contributed by atoms with Gasteiger partial charge >= 0.3 is 0 Å². The number of aromatic hydroxyl groups is 2. The van der Waals surface area contributed by atoms with E-state index in [1.807, 2.05) is 6.21 Å². The molecule has 0 aliphatic carbocycles. The average molecular weight is 715 g/mol. The second-order valence-corrected chi connectivity index (χ2v) is 13.3. The number of phenols is 2. The number of phenolic OH excluding ortho intramolecular Hbond substituents is 2. The fourth-order valence-corrected chi connectivity index (χ4v) is 6.24. The minimum Gasteiger partial charge on any atom is -0.504 e. The number of fused-ring (bicyclic) bond motifs is 1. The van der Waals surface area contributed by atoms with Gasteiger partial charge in [-0.15, -0.1) is 0 Å². The zero-order chi connectivity index (χ0) is 38.4. The zero-order valence-electron chi connectivity index (χ0n) is 31.5. The van der Waals surface area contributed by atoms with Gasteiger partial charge in [0.15, 0.2) is 11.5 Å². The summed E-state index contributed by atoms with van der Waals surface area (Å²) in [6.07, 6.45) is 3.26. The Balaban J connectivity index is 0.000000284. The molecule has 282 valence electrons. The van der Waals surface area contributed by atoms with Crippen LogP contribution in [0.15, 0.2) is 70.6 Å². The van der Waals surface area contributed by atoms with Gasteiger partial charge in [-0.1, -0.05) is 65.3 Å². The van der Waals surface area contributed by atoms with E-state index in [4.69, 9.17) is 15.1 Å². The van der Waals surface area contributed by atoms with Gasteiger partial charge in [0.1, 0.15) is 18.3 Å². The highest BCUT2D eigenvalue weighted by atomic mass is 16.4. The first-order valence-electron chi connectivity index (χ1n) is 18.5. The molecule has 0 heterocycles. The fourth-order valence-electron chi connectivity index (χ4n) is 6.24. The molecule has 52 heavy (non-hydrogen) atoms. The van der Waals surface area contributed by atoms with Crippen molar-refractivity contribution in [2.24, 2.45) is 9.98 Å². The molecule has 0 amide bonds. The Kier molecular flexibility index (Phi) is 16.9. The Morgan fingerprint density at radius 3 is 1.81 bits per heavy atom. The van der Waals surface area contributed by atoms with Crippen LogP contribution in [0, 0.1) is 6.92 Å². The number of nitrogens with zero attached hydrogens (tertiary/aromatic N) is 2. The quantitative estimate of drug-likeness (QED) is 0.0479. The molecule has 4 aromatic carbocycles. The topological polar surface area (TPSA) is 166 Å². The third-order valence-electron chi connectivity index (χ3n) is 9.41. The van der Waals surface area contributed by atoms with E-state index in [1.54, 1.807) is 19.1 Å². The molecule has 7 N–H and O–H groups in total. The van der Waals surface area contributed by atoms with Gasteiger partial charge in [-0.3, -0.25) is 9.98 Å². The summed E-state index contributed by atoms with van der Waals surface area (Å²) in [5, 5.41) is 68.2. The first kappa shape index (κ1) is 42.3. The minimum atomic E-state index is -1.67. The standard InChI is InChI=1S/C26H36N2.C17H22O7/c1-6-11-12-26(28-25-16-14-21(8-3)23(10-5)18-25)19-27-24-15-13-20(7-2)22(9-4)17-24;1-8-2-9(3-10-5-12(19)13(20)6-11(8)10)4-14(21)16(23)17(24)15(22)7-18/h13-19H,6-12H2,1-5H3;2-3,5-6,14-24H,4,7H2,1H3. The summed E-state index contributed by atoms with van der Waals surface area (Å²) < 4.78 is 0. The van der Waals surface area contributed by atoms with Crippen LogP contribution < -0.4 is 0 Å². The molecule has 0 saturated heterocycles. The van der Waals surface area contributed by atoms with Crippen LogP contribution in [-0.4, -0.2) is 78.7 Å². The molecular formula is C43H58N2O7. The van der Waals surface area contributed by atoms with Crippen LogP contribution in [0.5, 0.6) is 11.5 Å². The first-order chi connectivity index (χ1) is 24.9. The summed E-state index contributed by atoms with van der Waals surface area (Å²) in [7, 11) is 0. The number of benzene rings is 4. The maximum atomic E-state index is 10.1. The third kappa shape index (κ3) is 11.7. The van der Waals surface area contributed by atoms with Crippen molar-refractivity contribution in [3.05, 3.63) is 94.0 Å². The number of aryl methyl sites for hydroxylation is 5. The zero-order valence-corrected chi connectivity index (χ0v) is 31.5. The highest BCUT2D eigenvalue weighted by molar-refractivity contribution is 6.31. The van der Waals surface area contributed by atoms with E-state index in [0.717, 1.165) is 73.0 Å². The lowest BCUT2D eigenvalue weighted by atomic mass is 9.94. The number of unbranched alkanes of at least 4 members (excludes halogenated alkanes) is 1. The van der Waals surface area contributed by atoms with E-state index in [-0.39, 0.29) is 17.9 Å². The molecule has 9 heteroatoms. The lowest BCUT2D eigenvalue weighted by molar-refractivity contribution is -0.114. The summed E-state index contributed by atoms with van der Waals surface area (Å²) in [6, 6.07) is 19.4. The Morgan fingerprint density at radius 1 is 0.673 bits per heavy atom. The lowest BCUT2D eigenvalue weighted by Gasteiger charge is -2.25. The molecule has 9 nitrogen and oxygen atoms in total. The second-order valence-electron chi connectivity index (χ2n) is 13.3. The number of rotatable bonds is 16. The molecule has 0 aliphatic rings. The maximum Gasteiger partial charge on any atom is 0.158 e. The summed E-state index contributed by atoms with van der Waals surface area (Å²) in [6.45, 7) is 12.1. The van der Waals surface area contributed by atoms with E-state index >= 15 is 0 Å². The second kappa shape index (κ2) is 20.8. The third-order valence-corrected chi connectivity index (χ3v) is 9.41. The van der Waals surface area contributed by atoms with E-state index < -0.39 is 31.0 Å². The monoisotopic (exact) mass is 714 g/mol. The van der Waals surface area contributed by atoms with Gasteiger partial charge in [-0.25, -0.2) is 0 Å². The molecule has 0 radical (unpaired) electrons. The number of hydrogen-bond donors (Lipinski definition) is 7. The predicted octanol–water partition coefficient (Wildman–Crippen LogP) is 7.14. The number of aliphatic hydroxyl groups is 5. The molecule has 4 unspecified atom stereocenters. The largest absolute Gasteiger partial charge is 0.504 e. The normalized spacial score (nSPS) is 14.2. The fraction of sp³-hybridized carbons (Fsp3) is 0.442. The van der Waals surface area contributed by atoms with Crippen LogP contribution in [0.3, 0.4) is 0 Å². The molecule has 4 atom stereocenters. The van der Waals surface area contributed by atoms with Crippen molar-refractivity contribution in [1.82, 2.24) is 0 Å². The number of hydrogen-bond acceptors (Lipinski definition) is 9. The lowest BCUT2D eigenvalue weighted by Crippen LogP contribution is -2.46. The number of aliphatic hydroxyl groups excluding tert-OH is 5. The molecular weight excluding hydrogens is 656 g/mol. The van der Waals surface area contributed by atoms with Crippen LogP contribution in [0.25, 0.3) is 10.8 Å². The smallest absolute Gasteiger partial charge is 0.158 e. The van der Waals surface area contributed by atoms with Gasteiger partial charge in [-0.2, -0.15) is 0 Å². The minimum absolute atomic E-state index is 0.00517. The molecule has 0 fully saturated rings. The van der Waals surface area contributed by atoms with Crippen molar-refractivity contribution < 1.29 is 35.7 Å². The number of aliphatic imine (C=N–C) groups is 2. The molecule has 0 saturated carbocycles. The van der Waals surface area contributed by atoms with Crippen molar-refractivity contribution in [2.45, 2.75) is 117 Å². The van der Waals surface area contributed by atoms with Crippen molar-refractivity contribution in [3.63, 3.8) is 0 Å². The summed E-state index contributed by atoms with van der Waals surface area (Å²) in [5.74, 6) is -0.490. The van der Waals surface area contributed by atoms with E-state index in [9.17, 15) is 30.6 Å². The van der Waals surface area contributed by atoms with Crippen LogP contribution in [0.4, 0.5) is 11.4 Å². The van der Waals surface area contributed by atoms with Crippen molar-refractivity contribution in [2.75, 3.05) is 6.61 Å². The van der Waals surface area contributed by atoms with Crippen LogP contribution >= 0.6 is 0 Å². The van der Waals surface area contributed by atoms with E-state index in [2.05, 4.69) is 71.0 Å². The van der Waals surface area contributed by atoms with Crippen molar-refractivity contribution in [3.8, 4) is 11.5 Å². The van der Waals surface area contributed by atoms with Crippen molar-refractivity contribution in [1.29, 1.82) is 0 Å². The van der Waals surface area contributed by atoms with Gasteiger partial charge < -0.3 is 35.7 Å². The Labute approximate surface area is 308 Å². The van der Waals surface area contributed by atoms with Gasteiger partial charge in [0.05, 0.1) is 29.8 Å². The van der Waals surface area contributed by atoms with Gasteiger partial charge in [-0.05, 0) is 126 Å². The average Bonchev–Trinajstić information content (AvgIpc) is 3.15. The Morgan fingerprint density at radius 2 is 1.23 bits per heavy atom. The van der Waals surface area contributed by atoms with Crippen LogP contribution in [0.2, 0.25) is 0 Å². The van der Waals surface area contributed by atoms with Crippen LogP contribution in [0.1, 0.15) is 87.3 Å². The molecule has 0 spiro atoms. The van der Waals surface area contributed by atoms with E-state index in [0.29, 0.717) is 10.9 Å². The molecule has 4 aromatic rings.